The average molecular weight is 478 g/mol. The van der Waals surface area contributed by atoms with E-state index in [0.29, 0.717) is 42.1 Å². The molecule has 3 aromatic rings. The molecule has 0 amide bonds. The fourth-order valence-corrected chi connectivity index (χ4v) is 4.23. The molecule has 2 atom stereocenters. The van der Waals surface area contributed by atoms with Crippen LogP contribution >= 0.6 is 0 Å². The maximum absolute atomic E-state index is 13.2. The number of sulfonamides is 1. The highest BCUT2D eigenvalue weighted by atomic mass is 32.2. The second-order valence-corrected chi connectivity index (χ2v) is 9.22. The molecule has 2 unspecified atom stereocenters. The first-order chi connectivity index (χ1) is 15.8. The molecule has 0 fully saturated rings. The fourth-order valence-electron chi connectivity index (χ4n) is 2.98. The first-order valence-corrected chi connectivity index (χ1v) is 11.7. The summed E-state index contributed by atoms with van der Waals surface area (Å²) in [5.74, 6) is 1.21. The smallest absolute Gasteiger partial charge is 0.238 e. The van der Waals surface area contributed by atoms with Gasteiger partial charge in [0, 0.05) is 19.1 Å². The number of nitrogens with one attached hydrogen (secondary N) is 1. The van der Waals surface area contributed by atoms with Gasteiger partial charge in [0.25, 0.3) is 0 Å². The van der Waals surface area contributed by atoms with E-state index < -0.39 is 21.2 Å². The van der Waals surface area contributed by atoms with Gasteiger partial charge in [-0.3, -0.25) is 9.29 Å². The van der Waals surface area contributed by atoms with Gasteiger partial charge >= 0.3 is 0 Å². The van der Waals surface area contributed by atoms with Gasteiger partial charge in [-0.25, -0.2) is 23.4 Å². The SMILES string of the molecule is COCCn1c(NS(=O)(=O)C(C)C(C)c2ncc(OC)cn2)nnc1-c1cccc(OC)n1. The number of pyridine rings is 1. The molecule has 1 N–H and O–H groups in total. The number of aromatic nitrogens is 6. The first-order valence-electron chi connectivity index (χ1n) is 10.1. The third-order valence-electron chi connectivity index (χ3n) is 5.15. The minimum atomic E-state index is -3.88. The Morgan fingerprint density at radius 1 is 1.06 bits per heavy atom. The minimum absolute atomic E-state index is 0.0568. The summed E-state index contributed by atoms with van der Waals surface area (Å²) in [6.07, 6.45) is 3.00. The molecule has 33 heavy (non-hydrogen) atoms. The third-order valence-corrected chi connectivity index (χ3v) is 7.00. The van der Waals surface area contributed by atoms with Gasteiger partial charge in [-0.2, -0.15) is 0 Å². The molecule has 0 radical (unpaired) electrons. The van der Waals surface area contributed by atoms with Crippen LogP contribution in [0.3, 0.4) is 0 Å². The Bertz CT molecular complexity index is 1170. The number of ether oxygens (including phenoxy) is 3. The molecule has 3 aromatic heterocycles. The predicted octanol–water partition coefficient (Wildman–Crippen LogP) is 1.73. The molecule has 0 saturated carbocycles. The summed E-state index contributed by atoms with van der Waals surface area (Å²) in [5.41, 5.74) is 0.483. The van der Waals surface area contributed by atoms with Crippen molar-refractivity contribution in [3.63, 3.8) is 0 Å². The van der Waals surface area contributed by atoms with Crippen LogP contribution in [0.1, 0.15) is 25.6 Å². The van der Waals surface area contributed by atoms with E-state index in [1.807, 2.05) is 0 Å². The zero-order chi connectivity index (χ0) is 24.0. The Morgan fingerprint density at radius 3 is 2.42 bits per heavy atom. The summed E-state index contributed by atoms with van der Waals surface area (Å²) in [4.78, 5) is 12.8. The topological polar surface area (TPSA) is 143 Å². The quantitative estimate of drug-likeness (QED) is 0.433. The van der Waals surface area contributed by atoms with Gasteiger partial charge in [0.15, 0.2) is 11.6 Å². The summed E-state index contributed by atoms with van der Waals surface area (Å²) < 4.78 is 45.9. The van der Waals surface area contributed by atoms with Crippen LogP contribution in [0, 0.1) is 0 Å². The number of rotatable bonds is 11. The third kappa shape index (κ3) is 5.54. The lowest BCUT2D eigenvalue weighted by Crippen LogP contribution is -2.31. The largest absolute Gasteiger partial charge is 0.494 e. The van der Waals surface area contributed by atoms with Gasteiger partial charge in [0.1, 0.15) is 11.5 Å². The standard InChI is InChI=1S/C20H27N7O5S/c1-13(18-21-11-15(31-4)12-22-18)14(2)33(28,29)26-20-25-24-19(27(20)9-10-30-3)16-7-6-8-17(23-16)32-5/h6-8,11-14H,9-10H2,1-5H3,(H,25,26). The lowest BCUT2D eigenvalue weighted by molar-refractivity contribution is 0.188. The van der Waals surface area contributed by atoms with E-state index in [1.165, 1.54) is 26.6 Å². The number of nitrogens with zero attached hydrogens (tertiary/aromatic N) is 6. The van der Waals surface area contributed by atoms with Crippen LogP contribution in [0.4, 0.5) is 5.95 Å². The molecular weight excluding hydrogens is 450 g/mol. The zero-order valence-electron chi connectivity index (χ0n) is 19.1. The van der Waals surface area contributed by atoms with Crippen molar-refractivity contribution in [2.75, 3.05) is 32.7 Å². The number of methoxy groups -OCH3 is 3. The van der Waals surface area contributed by atoms with E-state index in [1.54, 1.807) is 43.7 Å². The van der Waals surface area contributed by atoms with Crippen molar-refractivity contribution >= 4 is 16.0 Å². The van der Waals surface area contributed by atoms with Crippen molar-refractivity contribution < 1.29 is 22.6 Å². The summed E-state index contributed by atoms with van der Waals surface area (Å²) in [7, 11) is 0.694. The summed E-state index contributed by atoms with van der Waals surface area (Å²) >= 11 is 0. The van der Waals surface area contributed by atoms with Crippen molar-refractivity contribution in [3.05, 3.63) is 36.4 Å². The Balaban J connectivity index is 1.89. The maximum Gasteiger partial charge on any atom is 0.238 e. The van der Waals surface area contributed by atoms with Crippen molar-refractivity contribution in [2.24, 2.45) is 0 Å². The van der Waals surface area contributed by atoms with Crippen LogP contribution in [0.15, 0.2) is 30.6 Å². The highest BCUT2D eigenvalue weighted by molar-refractivity contribution is 7.93. The number of anilines is 1. The Kier molecular flexibility index (Phi) is 7.76. The van der Waals surface area contributed by atoms with Gasteiger partial charge in [0.05, 0.1) is 45.0 Å². The molecule has 3 rings (SSSR count). The maximum atomic E-state index is 13.2. The van der Waals surface area contributed by atoms with Crippen molar-refractivity contribution in [3.8, 4) is 23.1 Å². The van der Waals surface area contributed by atoms with Crippen molar-refractivity contribution in [2.45, 2.75) is 31.6 Å². The summed E-state index contributed by atoms with van der Waals surface area (Å²) in [6, 6.07) is 5.20. The molecular formula is C20H27N7O5S. The second kappa shape index (κ2) is 10.5. The number of hydrogen-bond acceptors (Lipinski definition) is 10. The van der Waals surface area contributed by atoms with Gasteiger partial charge in [0.2, 0.25) is 21.9 Å². The predicted molar refractivity (Wildman–Crippen MR) is 121 cm³/mol. The average Bonchev–Trinajstić information content (AvgIpc) is 3.23. The molecule has 0 aliphatic carbocycles. The van der Waals surface area contributed by atoms with Crippen LogP contribution in [-0.4, -0.2) is 71.3 Å². The molecule has 13 heteroatoms. The molecule has 0 aromatic carbocycles. The Labute approximate surface area is 192 Å². The molecule has 0 aliphatic rings. The van der Waals surface area contributed by atoms with Gasteiger partial charge in [-0.15, -0.1) is 10.2 Å². The molecule has 0 bridgehead atoms. The molecule has 0 spiro atoms. The van der Waals surface area contributed by atoms with E-state index in [2.05, 4.69) is 29.9 Å². The lowest BCUT2D eigenvalue weighted by Gasteiger charge is -2.20. The van der Waals surface area contributed by atoms with Crippen LogP contribution in [0.5, 0.6) is 11.6 Å². The highest BCUT2D eigenvalue weighted by Crippen LogP contribution is 2.26. The summed E-state index contributed by atoms with van der Waals surface area (Å²) in [5, 5.41) is 7.35. The van der Waals surface area contributed by atoms with E-state index in [4.69, 9.17) is 14.2 Å². The van der Waals surface area contributed by atoms with E-state index in [0.717, 1.165) is 0 Å². The summed E-state index contributed by atoms with van der Waals surface area (Å²) in [6.45, 7) is 3.95. The fraction of sp³-hybridized carbons (Fsp3) is 0.450. The first kappa shape index (κ1) is 24.3. The Morgan fingerprint density at radius 2 is 1.79 bits per heavy atom. The van der Waals surface area contributed by atoms with Crippen LogP contribution in [-0.2, 0) is 21.3 Å². The normalized spacial score (nSPS) is 13.4. The minimum Gasteiger partial charge on any atom is -0.494 e. The molecule has 0 saturated heterocycles. The molecule has 12 nitrogen and oxygen atoms in total. The van der Waals surface area contributed by atoms with Gasteiger partial charge in [-0.05, 0) is 13.0 Å². The van der Waals surface area contributed by atoms with Crippen LogP contribution in [0.2, 0.25) is 0 Å². The monoisotopic (exact) mass is 477 g/mol. The number of hydrogen-bond donors (Lipinski definition) is 1. The van der Waals surface area contributed by atoms with Crippen molar-refractivity contribution in [1.82, 2.24) is 29.7 Å². The van der Waals surface area contributed by atoms with Gasteiger partial charge in [-0.1, -0.05) is 13.0 Å². The van der Waals surface area contributed by atoms with E-state index in [9.17, 15) is 8.42 Å². The van der Waals surface area contributed by atoms with Crippen LogP contribution < -0.4 is 14.2 Å². The van der Waals surface area contributed by atoms with E-state index in [-0.39, 0.29) is 5.95 Å². The molecule has 178 valence electrons. The van der Waals surface area contributed by atoms with Crippen molar-refractivity contribution in [1.29, 1.82) is 0 Å². The van der Waals surface area contributed by atoms with Gasteiger partial charge < -0.3 is 14.2 Å². The second-order valence-electron chi connectivity index (χ2n) is 7.18. The highest BCUT2D eigenvalue weighted by Gasteiger charge is 2.31. The molecule has 3 heterocycles. The Hall–Kier alpha value is -3.32. The zero-order valence-corrected chi connectivity index (χ0v) is 19.9. The lowest BCUT2D eigenvalue weighted by atomic mass is 10.1. The van der Waals surface area contributed by atoms with E-state index >= 15 is 0 Å². The molecule has 0 aliphatic heterocycles. The van der Waals surface area contributed by atoms with Crippen LogP contribution in [0.25, 0.3) is 11.5 Å².